The molecular weight excluding hydrogens is 488 g/mol. The van der Waals surface area contributed by atoms with Crippen molar-refractivity contribution in [1.82, 2.24) is 10.6 Å². The Morgan fingerprint density at radius 1 is 1.09 bits per heavy atom. The van der Waals surface area contributed by atoms with Crippen LogP contribution in [0.4, 0.5) is 4.79 Å². The summed E-state index contributed by atoms with van der Waals surface area (Å²) >= 11 is 7.49. The van der Waals surface area contributed by atoms with Crippen molar-refractivity contribution in [2.75, 3.05) is 0 Å². The zero-order chi connectivity index (χ0) is 24.8. The third-order valence-corrected chi connectivity index (χ3v) is 7.20. The molecule has 0 saturated heterocycles. The van der Waals surface area contributed by atoms with E-state index in [2.05, 4.69) is 10.6 Å². The van der Waals surface area contributed by atoms with Crippen LogP contribution in [0.15, 0.2) is 57.8 Å². The van der Waals surface area contributed by atoms with E-state index in [0.717, 1.165) is 42.4 Å². The Morgan fingerprint density at radius 2 is 1.80 bits per heavy atom. The molecule has 3 aromatic rings. The van der Waals surface area contributed by atoms with Crippen molar-refractivity contribution in [2.45, 2.75) is 61.8 Å². The Balaban J connectivity index is 1.41. The molecule has 1 aliphatic rings. The number of ether oxygens (including phenoxy) is 1. The molecule has 9 heteroatoms. The highest BCUT2D eigenvalue weighted by Gasteiger charge is 2.27. The first kappa shape index (κ1) is 25.1. The smallest absolute Gasteiger partial charge is 0.375 e. The number of nitrogens with one attached hydrogen (secondary N) is 2. The van der Waals surface area contributed by atoms with E-state index >= 15 is 0 Å². The number of thioether (sulfide) groups is 1. The summed E-state index contributed by atoms with van der Waals surface area (Å²) in [6.45, 7) is 1.42. The normalized spacial score (nSPS) is 14.9. The van der Waals surface area contributed by atoms with Gasteiger partial charge >= 0.3 is 12.0 Å². The Kier molecular flexibility index (Phi) is 8.36. The summed E-state index contributed by atoms with van der Waals surface area (Å²) in [5, 5.41) is 6.52. The van der Waals surface area contributed by atoms with E-state index in [0.29, 0.717) is 21.9 Å². The van der Waals surface area contributed by atoms with Gasteiger partial charge in [0.05, 0.1) is 0 Å². The lowest BCUT2D eigenvalue weighted by Gasteiger charge is -2.23. The third kappa shape index (κ3) is 6.58. The van der Waals surface area contributed by atoms with Crippen molar-refractivity contribution in [3.63, 3.8) is 0 Å². The van der Waals surface area contributed by atoms with Gasteiger partial charge in [0.25, 0.3) is 5.91 Å². The van der Waals surface area contributed by atoms with Gasteiger partial charge < -0.3 is 14.5 Å². The lowest BCUT2D eigenvalue weighted by molar-refractivity contribution is -0.128. The summed E-state index contributed by atoms with van der Waals surface area (Å²) in [6.07, 6.45) is 3.90. The van der Waals surface area contributed by atoms with Crippen molar-refractivity contribution < 1.29 is 23.5 Å². The van der Waals surface area contributed by atoms with Gasteiger partial charge in [-0.15, -0.1) is 11.8 Å². The molecule has 1 atom stereocenters. The highest BCUT2D eigenvalue weighted by Crippen LogP contribution is 2.33. The molecule has 1 heterocycles. The molecule has 35 heavy (non-hydrogen) atoms. The van der Waals surface area contributed by atoms with E-state index in [4.69, 9.17) is 20.8 Å². The van der Waals surface area contributed by atoms with Crippen LogP contribution >= 0.6 is 23.4 Å². The van der Waals surface area contributed by atoms with Gasteiger partial charge in [-0.1, -0.05) is 49.1 Å². The van der Waals surface area contributed by atoms with Crippen molar-refractivity contribution in [1.29, 1.82) is 0 Å². The number of halogens is 1. The average molecular weight is 515 g/mol. The van der Waals surface area contributed by atoms with Gasteiger partial charge in [0, 0.05) is 32.7 Å². The molecule has 7 nitrogen and oxygen atoms in total. The van der Waals surface area contributed by atoms with Crippen LogP contribution in [0.5, 0.6) is 0 Å². The first-order valence-corrected chi connectivity index (χ1v) is 13.0. The Morgan fingerprint density at radius 3 is 2.54 bits per heavy atom. The van der Waals surface area contributed by atoms with E-state index in [1.165, 1.54) is 18.7 Å². The number of carbonyl (C=O) groups excluding carboxylic acids is 3. The predicted octanol–water partition coefficient (Wildman–Crippen LogP) is 6.08. The molecule has 2 N–H and O–H groups in total. The quantitative estimate of drug-likeness (QED) is 0.293. The molecule has 1 fully saturated rings. The SMILES string of the molecule is CC(OC(=O)c1oc2ccccc2c1CSc1ccc(Cl)cc1)C(=O)NC(=O)NC1CCCCC1. The van der Waals surface area contributed by atoms with E-state index in [1.807, 2.05) is 30.3 Å². The fourth-order valence-electron chi connectivity index (χ4n) is 4.04. The number of urea groups is 1. The molecule has 4 rings (SSSR count). The summed E-state index contributed by atoms with van der Waals surface area (Å²) in [6, 6.07) is 14.2. The standard InChI is InChI=1S/C26H27ClN2O5S/c1-16(24(30)29-26(32)28-18-7-3-2-4-8-18)33-25(31)23-21(20-9-5-6-10-22(20)34-23)15-35-19-13-11-17(27)12-14-19/h5-6,9-14,16,18H,2-4,7-8,15H2,1H3,(H2,28,29,30,32). The number of benzene rings is 2. The Hall–Kier alpha value is -2.97. The number of para-hydroxylation sites is 1. The fourth-order valence-corrected chi connectivity index (χ4v) is 5.09. The number of rotatable bonds is 7. The van der Waals surface area contributed by atoms with Crippen LogP contribution in [0, 0.1) is 0 Å². The molecule has 2 aromatic carbocycles. The predicted molar refractivity (Wildman–Crippen MR) is 136 cm³/mol. The zero-order valence-electron chi connectivity index (χ0n) is 19.3. The molecule has 1 aliphatic carbocycles. The maximum Gasteiger partial charge on any atom is 0.375 e. The van der Waals surface area contributed by atoms with Crippen molar-refractivity contribution >= 4 is 52.2 Å². The minimum absolute atomic E-state index is 0.0407. The van der Waals surface area contributed by atoms with E-state index < -0.39 is 24.0 Å². The second kappa shape index (κ2) is 11.6. The number of hydrogen-bond acceptors (Lipinski definition) is 6. The summed E-state index contributed by atoms with van der Waals surface area (Å²) in [5.41, 5.74) is 1.23. The molecule has 0 spiro atoms. The van der Waals surface area contributed by atoms with Gasteiger partial charge in [0.2, 0.25) is 5.76 Å². The van der Waals surface area contributed by atoms with Gasteiger partial charge in [0.15, 0.2) is 6.10 Å². The summed E-state index contributed by atoms with van der Waals surface area (Å²) < 4.78 is 11.2. The third-order valence-electron chi connectivity index (χ3n) is 5.91. The zero-order valence-corrected chi connectivity index (χ0v) is 20.9. The molecule has 0 bridgehead atoms. The van der Waals surface area contributed by atoms with Crippen LogP contribution in [-0.2, 0) is 15.3 Å². The number of carbonyl (C=O) groups is 3. The molecule has 0 radical (unpaired) electrons. The molecule has 1 aromatic heterocycles. The average Bonchev–Trinajstić information content (AvgIpc) is 3.23. The number of amides is 3. The van der Waals surface area contributed by atoms with Crippen LogP contribution in [0.2, 0.25) is 5.02 Å². The van der Waals surface area contributed by atoms with Gasteiger partial charge in [-0.25, -0.2) is 9.59 Å². The minimum Gasteiger partial charge on any atom is -0.449 e. The number of furan rings is 1. The highest BCUT2D eigenvalue weighted by atomic mass is 35.5. The monoisotopic (exact) mass is 514 g/mol. The van der Waals surface area contributed by atoms with E-state index in [1.54, 1.807) is 18.2 Å². The van der Waals surface area contributed by atoms with E-state index in [9.17, 15) is 14.4 Å². The lowest BCUT2D eigenvalue weighted by Crippen LogP contribution is -2.48. The maximum atomic E-state index is 13.0. The Labute approximate surface area is 212 Å². The van der Waals surface area contributed by atoms with Crippen molar-refractivity contribution in [3.8, 4) is 0 Å². The molecule has 1 saturated carbocycles. The molecule has 0 aliphatic heterocycles. The Bertz CT molecular complexity index is 1200. The number of imide groups is 1. The first-order chi connectivity index (χ1) is 16.9. The van der Waals surface area contributed by atoms with Crippen LogP contribution in [0.1, 0.15) is 55.1 Å². The van der Waals surface area contributed by atoms with Crippen LogP contribution in [-0.4, -0.2) is 30.1 Å². The number of esters is 1. The summed E-state index contributed by atoms with van der Waals surface area (Å²) in [4.78, 5) is 38.6. The summed E-state index contributed by atoms with van der Waals surface area (Å²) in [7, 11) is 0. The highest BCUT2D eigenvalue weighted by molar-refractivity contribution is 7.98. The van der Waals surface area contributed by atoms with Gasteiger partial charge in [-0.05, 0) is 50.1 Å². The van der Waals surface area contributed by atoms with Crippen LogP contribution < -0.4 is 10.6 Å². The lowest BCUT2D eigenvalue weighted by atomic mass is 9.96. The molecule has 3 amide bonds. The molecule has 184 valence electrons. The van der Waals surface area contributed by atoms with Crippen molar-refractivity contribution in [2.24, 2.45) is 0 Å². The summed E-state index contributed by atoms with van der Waals surface area (Å²) in [5.74, 6) is -0.963. The fraction of sp³-hybridized carbons (Fsp3) is 0.346. The molecule has 1 unspecified atom stereocenters. The number of hydrogen-bond donors (Lipinski definition) is 2. The van der Waals surface area contributed by atoms with Crippen LogP contribution in [0.25, 0.3) is 11.0 Å². The van der Waals surface area contributed by atoms with Gasteiger partial charge in [-0.2, -0.15) is 0 Å². The van der Waals surface area contributed by atoms with E-state index in [-0.39, 0.29) is 11.8 Å². The first-order valence-electron chi connectivity index (χ1n) is 11.6. The number of fused-ring (bicyclic) bond motifs is 1. The second-order valence-corrected chi connectivity index (χ2v) is 9.98. The second-order valence-electron chi connectivity index (χ2n) is 8.49. The van der Waals surface area contributed by atoms with Gasteiger partial charge in [-0.3, -0.25) is 10.1 Å². The van der Waals surface area contributed by atoms with Gasteiger partial charge in [0.1, 0.15) is 5.58 Å². The van der Waals surface area contributed by atoms with Crippen molar-refractivity contribution in [3.05, 3.63) is 64.9 Å². The minimum atomic E-state index is -1.18. The van der Waals surface area contributed by atoms with Crippen LogP contribution in [0.3, 0.4) is 0 Å². The topological polar surface area (TPSA) is 97.6 Å². The maximum absolute atomic E-state index is 13.0. The molecular formula is C26H27ClN2O5S. The largest absolute Gasteiger partial charge is 0.449 e.